The number of pyridine rings is 1. The number of nitrogens with zero attached hydrogens (tertiary/aromatic N) is 3. The minimum Gasteiger partial charge on any atom is -0.392 e. The smallest absolute Gasteiger partial charge is 0.136 e. The number of nitrogens with one attached hydrogen (secondary N) is 1. The molecule has 3 heterocycles. The van der Waals surface area contributed by atoms with Gasteiger partial charge in [0.25, 0.3) is 0 Å². The highest BCUT2D eigenvalue weighted by molar-refractivity contribution is 9.10. The number of aliphatic hydroxyl groups is 1. The molecule has 0 saturated carbocycles. The van der Waals surface area contributed by atoms with Crippen LogP contribution in [0, 0.1) is 0 Å². The molecule has 0 amide bonds. The normalized spacial score (nSPS) is 23.0. The number of aliphatic hydroxyl groups excluding tert-OH is 1. The molecule has 1 aliphatic heterocycles. The van der Waals surface area contributed by atoms with Gasteiger partial charge < -0.3 is 14.8 Å². The Morgan fingerprint density at radius 3 is 3.15 bits per heavy atom. The van der Waals surface area contributed by atoms with Crippen LogP contribution < -0.4 is 5.32 Å². The zero-order valence-electron chi connectivity index (χ0n) is 11.5. The van der Waals surface area contributed by atoms with Gasteiger partial charge in [0.2, 0.25) is 0 Å². The maximum absolute atomic E-state index is 9.54. The number of likely N-dealkylation sites (N-methyl/N-ethyl adjacent to an activating group) is 1. The molecule has 1 fully saturated rings. The summed E-state index contributed by atoms with van der Waals surface area (Å²) in [4.78, 5) is 6.68. The first-order valence-electron chi connectivity index (χ1n) is 6.83. The SMILES string of the molecule is CN(Cc1cnc2ccc(Br)cn12)C[C@@H]1C[C@@H](O)CN1. The largest absolute Gasteiger partial charge is 0.392 e. The summed E-state index contributed by atoms with van der Waals surface area (Å²) in [5.74, 6) is 0. The molecule has 2 N–H and O–H groups in total. The van der Waals surface area contributed by atoms with E-state index < -0.39 is 0 Å². The molecule has 2 aromatic heterocycles. The van der Waals surface area contributed by atoms with Gasteiger partial charge in [-0.15, -0.1) is 0 Å². The van der Waals surface area contributed by atoms with Gasteiger partial charge in [0.15, 0.2) is 0 Å². The molecule has 20 heavy (non-hydrogen) atoms. The predicted molar refractivity (Wildman–Crippen MR) is 81.6 cm³/mol. The lowest BCUT2D eigenvalue weighted by molar-refractivity contribution is 0.189. The summed E-state index contributed by atoms with van der Waals surface area (Å²) in [5.41, 5.74) is 2.13. The average Bonchev–Trinajstić information content (AvgIpc) is 2.97. The van der Waals surface area contributed by atoms with Gasteiger partial charge in [-0.25, -0.2) is 4.98 Å². The van der Waals surface area contributed by atoms with Crippen LogP contribution in [0.3, 0.4) is 0 Å². The number of hydrogen-bond donors (Lipinski definition) is 2. The third kappa shape index (κ3) is 3.03. The van der Waals surface area contributed by atoms with Gasteiger partial charge >= 0.3 is 0 Å². The van der Waals surface area contributed by atoms with Crippen molar-refractivity contribution in [1.29, 1.82) is 0 Å². The Labute approximate surface area is 126 Å². The van der Waals surface area contributed by atoms with Crippen LogP contribution in [0.15, 0.2) is 29.0 Å². The first kappa shape index (κ1) is 14.0. The number of aromatic nitrogens is 2. The number of imidazole rings is 1. The maximum Gasteiger partial charge on any atom is 0.136 e. The van der Waals surface area contributed by atoms with Crippen molar-refractivity contribution >= 4 is 21.6 Å². The molecule has 2 atom stereocenters. The molecule has 1 saturated heterocycles. The highest BCUT2D eigenvalue weighted by Gasteiger charge is 2.23. The van der Waals surface area contributed by atoms with Crippen LogP contribution in [-0.4, -0.2) is 51.7 Å². The molecule has 2 aromatic rings. The minimum atomic E-state index is -0.194. The molecule has 0 aliphatic carbocycles. The van der Waals surface area contributed by atoms with Crippen LogP contribution in [-0.2, 0) is 6.54 Å². The van der Waals surface area contributed by atoms with E-state index in [9.17, 15) is 5.11 Å². The fraction of sp³-hybridized carbons (Fsp3) is 0.500. The fourth-order valence-corrected chi connectivity index (χ4v) is 3.11. The van der Waals surface area contributed by atoms with E-state index in [2.05, 4.69) is 42.6 Å². The Bertz CT molecular complexity index is 600. The van der Waals surface area contributed by atoms with Crippen LogP contribution in [0.4, 0.5) is 0 Å². The van der Waals surface area contributed by atoms with Crippen molar-refractivity contribution in [1.82, 2.24) is 19.6 Å². The molecule has 6 heteroatoms. The summed E-state index contributed by atoms with van der Waals surface area (Å²) < 4.78 is 3.16. The average molecular weight is 339 g/mol. The molecule has 5 nitrogen and oxygen atoms in total. The number of halogens is 1. The third-order valence-electron chi connectivity index (χ3n) is 3.71. The topological polar surface area (TPSA) is 52.8 Å². The Morgan fingerprint density at radius 2 is 2.40 bits per heavy atom. The highest BCUT2D eigenvalue weighted by Crippen LogP contribution is 2.15. The van der Waals surface area contributed by atoms with Crippen molar-refractivity contribution < 1.29 is 5.11 Å². The lowest BCUT2D eigenvalue weighted by atomic mass is 10.2. The van der Waals surface area contributed by atoms with Gasteiger partial charge in [-0.2, -0.15) is 0 Å². The first-order valence-corrected chi connectivity index (χ1v) is 7.62. The van der Waals surface area contributed by atoms with Crippen molar-refractivity contribution in [2.45, 2.75) is 25.1 Å². The molecule has 0 radical (unpaired) electrons. The molecule has 0 bridgehead atoms. The van der Waals surface area contributed by atoms with Crippen molar-refractivity contribution in [2.24, 2.45) is 0 Å². The van der Waals surface area contributed by atoms with Crippen LogP contribution in [0.1, 0.15) is 12.1 Å². The van der Waals surface area contributed by atoms with Gasteiger partial charge in [-0.3, -0.25) is 4.90 Å². The van der Waals surface area contributed by atoms with E-state index in [0.717, 1.165) is 29.6 Å². The summed E-state index contributed by atoms with van der Waals surface area (Å²) >= 11 is 3.50. The van der Waals surface area contributed by atoms with E-state index in [-0.39, 0.29) is 6.10 Å². The summed E-state index contributed by atoms with van der Waals surface area (Å²) in [6, 6.07) is 4.38. The van der Waals surface area contributed by atoms with Crippen molar-refractivity contribution in [3.05, 3.63) is 34.7 Å². The van der Waals surface area contributed by atoms with Crippen molar-refractivity contribution in [3.63, 3.8) is 0 Å². The second kappa shape index (κ2) is 5.81. The van der Waals surface area contributed by atoms with E-state index in [1.54, 1.807) is 0 Å². The van der Waals surface area contributed by atoms with Gasteiger partial charge in [0, 0.05) is 36.3 Å². The molecule has 0 unspecified atom stereocenters. The molecule has 108 valence electrons. The van der Waals surface area contributed by atoms with Crippen LogP contribution in [0.25, 0.3) is 5.65 Å². The molecule has 1 aliphatic rings. The standard InChI is InChI=1S/C14H19BrN4O/c1-18(8-11-4-13(20)6-16-11)9-12-5-17-14-3-2-10(15)7-19(12)14/h2-3,5,7,11,13,16,20H,4,6,8-9H2,1H3/t11-,13+/m0/s1. The van der Waals surface area contributed by atoms with Gasteiger partial charge in [0.05, 0.1) is 18.0 Å². The monoisotopic (exact) mass is 338 g/mol. The predicted octanol–water partition coefficient (Wildman–Crippen LogP) is 1.25. The molecule has 0 spiro atoms. The second-order valence-corrected chi connectivity index (χ2v) is 6.43. The fourth-order valence-electron chi connectivity index (χ4n) is 2.78. The number of hydrogen-bond acceptors (Lipinski definition) is 4. The minimum absolute atomic E-state index is 0.194. The number of rotatable bonds is 4. The zero-order valence-corrected chi connectivity index (χ0v) is 13.0. The van der Waals surface area contributed by atoms with Crippen LogP contribution in [0.5, 0.6) is 0 Å². The van der Waals surface area contributed by atoms with Crippen LogP contribution >= 0.6 is 15.9 Å². The van der Waals surface area contributed by atoms with E-state index in [0.29, 0.717) is 12.6 Å². The summed E-state index contributed by atoms with van der Waals surface area (Å²) in [5, 5.41) is 12.9. The quantitative estimate of drug-likeness (QED) is 0.881. The third-order valence-corrected chi connectivity index (χ3v) is 4.18. The van der Waals surface area contributed by atoms with Gasteiger partial charge in [0.1, 0.15) is 5.65 Å². The van der Waals surface area contributed by atoms with E-state index in [4.69, 9.17) is 0 Å². The van der Waals surface area contributed by atoms with Crippen molar-refractivity contribution in [3.8, 4) is 0 Å². The Morgan fingerprint density at radius 1 is 1.55 bits per heavy atom. The van der Waals surface area contributed by atoms with Crippen LogP contribution in [0.2, 0.25) is 0 Å². The van der Waals surface area contributed by atoms with Crippen molar-refractivity contribution in [2.75, 3.05) is 20.1 Å². The van der Waals surface area contributed by atoms with E-state index in [1.165, 1.54) is 5.69 Å². The lowest BCUT2D eigenvalue weighted by Gasteiger charge is -2.20. The molecule has 0 aromatic carbocycles. The summed E-state index contributed by atoms with van der Waals surface area (Å²) in [6.07, 6.45) is 4.61. The zero-order chi connectivity index (χ0) is 14.1. The molecular weight excluding hydrogens is 320 g/mol. The molecule has 3 rings (SSSR count). The summed E-state index contributed by atoms with van der Waals surface area (Å²) in [7, 11) is 2.10. The second-order valence-electron chi connectivity index (χ2n) is 5.52. The Hall–Kier alpha value is -0.950. The van der Waals surface area contributed by atoms with Gasteiger partial charge in [-0.1, -0.05) is 0 Å². The Kier molecular flexibility index (Phi) is 4.07. The van der Waals surface area contributed by atoms with E-state index >= 15 is 0 Å². The summed E-state index contributed by atoms with van der Waals surface area (Å²) in [6.45, 7) is 2.48. The first-order chi connectivity index (χ1) is 9.61. The Balaban J connectivity index is 1.68. The molecular formula is C14H19BrN4O. The number of β-amino-alcohol motifs (C(OH)–C–C–N with tert-alkyl or cyclic N) is 1. The number of fused-ring (bicyclic) bond motifs is 1. The highest BCUT2D eigenvalue weighted by atomic mass is 79.9. The lowest BCUT2D eigenvalue weighted by Crippen LogP contribution is -2.35. The van der Waals surface area contributed by atoms with Gasteiger partial charge in [-0.05, 0) is 41.5 Å². The maximum atomic E-state index is 9.54. The van der Waals surface area contributed by atoms with E-state index in [1.807, 2.05) is 24.5 Å².